The van der Waals surface area contributed by atoms with E-state index in [1.165, 1.54) is 6.42 Å². The molecule has 1 fully saturated rings. The van der Waals surface area contributed by atoms with Gasteiger partial charge in [0.25, 0.3) is 0 Å². The summed E-state index contributed by atoms with van der Waals surface area (Å²) < 4.78 is 0.756. The molecule has 1 heterocycles. The molecular weight excluding hydrogens is 180 g/mol. The maximum atomic E-state index is 10.8. The molecule has 1 saturated heterocycles. The molecule has 0 aromatic rings. The lowest BCUT2D eigenvalue weighted by Gasteiger charge is -2.40. The van der Waals surface area contributed by atoms with Gasteiger partial charge in [0, 0.05) is 6.42 Å². The number of likely N-dealkylation sites (tertiary alicyclic amines) is 1. The Morgan fingerprint density at radius 2 is 1.93 bits per heavy atom. The van der Waals surface area contributed by atoms with Crippen molar-refractivity contribution in [1.29, 1.82) is 0 Å². The SMILES string of the molecule is NCCC[N+]1(CC(=O)O)CCCCC1. The van der Waals surface area contributed by atoms with E-state index in [-0.39, 0.29) is 6.54 Å². The van der Waals surface area contributed by atoms with Gasteiger partial charge in [0.1, 0.15) is 0 Å². The van der Waals surface area contributed by atoms with E-state index < -0.39 is 5.97 Å². The summed E-state index contributed by atoms with van der Waals surface area (Å²) in [6, 6.07) is 0. The first-order chi connectivity index (χ1) is 6.68. The molecule has 0 spiro atoms. The van der Waals surface area contributed by atoms with Crippen molar-refractivity contribution in [3.05, 3.63) is 0 Å². The maximum absolute atomic E-state index is 10.8. The first-order valence-corrected chi connectivity index (χ1v) is 5.45. The van der Waals surface area contributed by atoms with Crippen LogP contribution in [0.2, 0.25) is 0 Å². The number of piperidine rings is 1. The molecule has 1 aliphatic heterocycles. The topological polar surface area (TPSA) is 63.3 Å². The number of hydrogen-bond donors (Lipinski definition) is 2. The van der Waals surface area contributed by atoms with E-state index in [9.17, 15) is 4.79 Å². The van der Waals surface area contributed by atoms with Crippen molar-refractivity contribution >= 4 is 5.97 Å². The highest BCUT2D eigenvalue weighted by Gasteiger charge is 2.31. The third kappa shape index (κ3) is 3.27. The number of nitrogens with zero attached hydrogens (tertiary/aromatic N) is 1. The monoisotopic (exact) mass is 201 g/mol. The van der Waals surface area contributed by atoms with Gasteiger partial charge in [-0.05, 0) is 25.8 Å². The van der Waals surface area contributed by atoms with E-state index in [1.807, 2.05) is 0 Å². The minimum absolute atomic E-state index is 0.278. The Balaban J connectivity index is 2.52. The average molecular weight is 201 g/mol. The van der Waals surface area contributed by atoms with Gasteiger partial charge in [-0.1, -0.05) is 0 Å². The lowest BCUT2D eigenvalue weighted by atomic mass is 10.1. The molecule has 0 amide bonds. The largest absolute Gasteiger partial charge is 0.477 e. The molecule has 4 nitrogen and oxygen atoms in total. The van der Waals surface area contributed by atoms with Crippen LogP contribution in [0.5, 0.6) is 0 Å². The highest BCUT2D eigenvalue weighted by molar-refractivity contribution is 5.67. The molecule has 0 bridgehead atoms. The number of hydrogen-bond acceptors (Lipinski definition) is 2. The Morgan fingerprint density at radius 1 is 1.29 bits per heavy atom. The molecule has 1 aliphatic rings. The standard InChI is InChI=1S/C10H20N2O2/c11-5-4-8-12(9-10(13)14)6-2-1-3-7-12/h1-9,11H2/p+1. The zero-order chi connectivity index (χ0) is 10.4. The molecule has 1 rings (SSSR count). The second-order valence-electron chi connectivity index (χ2n) is 4.27. The number of carboxylic acid groups (broad SMARTS) is 1. The molecule has 0 atom stereocenters. The predicted molar refractivity (Wildman–Crippen MR) is 54.9 cm³/mol. The van der Waals surface area contributed by atoms with Crippen LogP contribution in [0.1, 0.15) is 25.7 Å². The summed E-state index contributed by atoms with van der Waals surface area (Å²) in [6.07, 6.45) is 4.52. The van der Waals surface area contributed by atoms with Crippen LogP contribution in [0, 0.1) is 0 Å². The van der Waals surface area contributed by atoms with Gasteiger partial charge in [0.15, 0.2) is 6.54 Å². The van der Waals surface area contributed by atoms with Crippen molar-refractivity contribution in [3.63, 3.8) is 0 Å². The van der Waals surface area contributed by atoms with Gasteiger partial charge in [-0.3, -0.25) is 0 Å². The summed E-state index contributed by atoms with van der Waals surface area (Å²) in [5, 5.41) is 8.88. The van der Waals surface area contributed by atoms with Gasteiger partial charge in [-0.15, -0.1) is 0 Å². The highest BCUT2D eigenvalue weighted by atomic mass is 16.4. The van der Waals surface area contributed by atoms with Crippen LogP contribution in [-0.2, 0) is 4.79 Å². The molecule has 0 radical (unpaired) electrons. The van der Waals surface area contributed by atoms with E-state index in [2.05, 4.69) is 0 Å². The van der Waals surface area contributed by atoms with Crippen molar-refractivity contribution < 1.29 is 14.4 Å². The number of carbonyl (C=O) groups is 1. The van der Waals surface area contributed by atoms with E-state index in [0.717, 1.165) is 43.4 Å². The van der Waals surface area contributed by atoms with Crippen molar-refractivity contribution in [2.24, 2.45) is 5.73 Å². The molecular formula is C10H21N2O2+. The number of aliphatic carboxylic acids is 1. The van der Waals surface area contributed by atoms with E-state index >= 15 is 0 Å². The molecule has 0 unspecified atom stereocenters. The van der Waals surface area contributed by atoms with Gasteiger partial charge < -0.3 is 15.3 Å². The Hall–Kier alpha value is -0.610. The molecule has 14 heavy (non-hydrogen) atoms. The third-order valence-corrected chi connectivity index (χ3v) is 3.07. The van der Waals surface area contributed by atoms with Crippen molar-refractivity contribution in [2.45, 2.75) is 25.7 Å². The normalized spacial score (nSPS) is 20.6. The van der Waals surface area contributed by atoms with Crippen LogP contribution < -0.4 is 5.73 Å². The summed E-state index contributed by atoms with van der Waals surface area (Å²) in [5.74, 6) is -0.677. The van der Waals surface area contributed by atoms with Crippen LogP contribution in [0.3, 0.4) is 0 Å². The number of quaternary nitrogens is 1. The number of rotatable bonds is 5. The first-order valence-electron chi connectivity index (χ1n) is 5.45. The minimum atomic E-state index is -0.677. The van der Waals surface area contributed by atoms with Gasteiger partial charge in [-0.2, -0.15) is 0 Å². The van der Waals surface area contributed by atoms with Gasteiger partial charge >= 0.3 is 5.97 Å². The Labute approximate surface area is 85.3 Å². The molecule has 0 aliphatic carbocycles. The molecule has 0 aromatic carbocycles. The number of carboxylic acids is 1. The van der Waals surface area contributed by atoms with Crippen LogP contribution in [0.25, 0.3) is 0 Å². The Morgan fingerprint density at radius 3 is 2.43 bits per heavy atom. The summed E-state index contributed by atoms with van der Waals surface area (Å²) in [4.78, 5) is 10.8. The second-order valence-corrected chi connectivity index (χ2v) is 4.27. The summed E-state index contributed by atoms with van der Waals surface area (Å²) >= 11 is 0. The average Bonchev–Trinajstić information content (AvgIpc) is 2.15. The zero-order valence-corrected chi connectivity index (χ0v) is 8.74. The van der Waals surface area contributed by atoms with Crippen molar-refractivity contribution in [3.8, 4) is 0 Å². The molecule has 0 saturated carbocycles. The molecule has 0 aromatic heterocycles. The van der Waals surface area contributed by atoms with Crippen LogP contribution >= 0.6 is 0 Å². The van der Waals surface area contributed by atoms with Crippen LogP contribution in [0.4, 0.5) is 0 Å². The van der Waals surface area contributed by atoms with E-state index in [1.54, 1.807) is 0 Å². The zero-order valence-electron chi connectivity index (χ0n) is 8.74. The minimum Gasteiger partial charge on any atom is -0.477 e. The fourth-order valence-corrected chi connectivity index (χ4v) is 2.36. The smallest absolute Gasteiger partial charge is 0.359 e. The maximum Gasteiger partial charge on any atom is 0.359 e. The van der Waals surface area contributed by atoms with Crippen molar-refractivity contribution in [2.75, 3.05) is 32.7 Å². The Kier molecular flexibility index (Phi) is 4.35. The highest BCUT2D eigenvalue weighted by Crippen LogP contribution is 2.19. The van der Waals surface area contributed by atoms with Crippen LogP contribution in [0.15, 0.2) is 0 Å². The molecule has 82 valence electrons. The summed E-state index contributed by atoms with van der Waals surface area (Å²) in [6.45, 7) is 3.92. The van der Waals surface area contributed by atoms with Crippen molar-refractivity contribution in [1.82, 2.24) is 0 Å². The lowest BCUT2D eigenvalue weighted by Crippen LogP contribution is -2.55. The van der Waals surface area contributed by atoms with E-state index in [4.69, 9.17) is 10.8 Å². The van der Waals surface area contributed by atoms with Gasteiger partial charge in [0.2, 0.25) is 0 Å². The van der Waals surface area contributed by atoms with Gasteiger partial charge in [0.05, 0.1) is 19.6 Å². The quantitative estimate of drug-likeness (QED) is 0.634. The predicted octanol–water partition coefficient (Wildman–Crippen LogP) is 0.420. The fourth-order valence-electron chi connectivity index (χ4n) is 2.36. The fraction of sp³-hybridized carbons (Fsp3) is 0.900. The van der Waals surface area contributed by atoms with E-state index in [0.29, 0.717) is 6.54 Å². The lowest BCUT2D eigenvalue weighted by molar-refractivity contribution is -0.925. The first kappa shape index (κ1) is 11.5. The molecule has 3 N–H and O–H groups in total. The second kappa shape index (κ2) is 5.32. The third-order valence-electron chi connectivity index (χ3n) is 3.07. The summed E-state index contributed by atoms with van der Waals surface area (Å²) in [7, 11) is 0. The summed E-state index contributed by atoms with van der Waals surface area (Å²) in [5.41, 5.74) is 5.48. The number of nitrogens with two attached hydrogens (primary N) is 1. The molecule has 4 heteroatoms. The van der Waals surface area contributed by atoms with Gasteiger partial charge in [-0.25, -0.2) is 4.79 Å². The Bertz CT molecular complexity index is 189. The van der Waals surface area contributed by atoms with Crippen LogP contribution in [-0.4, -0.2) is 48.3 Å².